The summed E-state index contributed by atoms with van der Waals surface area (Å²) in [5.74, 6) is 1.72. The molecular formula is C23H28FN5O. The van der Waals surface area contributed by atoms with Crippen LogP contribution in [0.4, 0.5) is 10.2 Å². The quantitative estimate of drug-likeness (QED) is 0.616. The minimum absolute atomic E-state index is 0.286. The molecule has 1 fully saturated rings. The Morgan fingerprint density at radius 3 is 2.97 bits per heavy atom. The fraction of sp³-hybridized carbons (Fsp3) is 0.391. The lowest BCUT2D eigenvalue weighted by molar-refractivity contribution is 0.319. The van der Waals surface area contributed by atoms with E-state index in [2.05, 4.69) is 37.1 Å². The molecule has 0 spiro atoms. The van der Waals surface area contributed by atoms with Crippen molar-refractivity contribution in [3.05, 3.63) is 71.4 Å². The Labute approximate surface area is 176 Å². The van der Waals surface area contributed by atoms with Gasteiger partial charge in [-0.25, -0.2) is 9.37 Å². The SMILES string of the molecule is CN(C)c1ncccc1CN1CCC(c2cc(CCOc3cccc(F)c3)[nH]n2)C1. The largest absolute Gasteiger partial charge is 0.493 e. The van der Waals surface area contributed by atoms with E-state index in [1.165, 1.54) is 17.7 Å². The Bertz CT molecular complexity index is 973. The summed E-state index contributed by atoms with van der Waals surface area (Å²) < 4.78 is 18.9. The van der Waals surface area contributed by atoms with Crippen LogP contribution in [0, 0.1) is 5.82 Å². The molecule has 0 bridgehead atoms. The lowest BCUT2D eigenvalue weighted by Gasteiger charge is -2.20. The molecule has 7 heteroatoms. The van der Waals surface area contributed by atoms with E-state index in [1.54, 1.807) is 12.1 Å². The van der Waals surface area contributed by atoms with Crippen molar-refractivity contribution in [1.29, 1.82) is 0 Å². The highest BCUT2D eigenvalue weighted by molar-refractivity contribution is 5.45. The standard InChI is InChI=1S/C23H28FN5O/c1-28(2)23-18(5-4-10-25-23)16-29-11-8-17(15-29)22-14-20(26-27-22)9-12-30-21-7-3-6-19(24)13-21/h3-7,10,13-14,17H,8-9,11-12,15-16H2,1-2H3,(H,26,27). The molecule has 1 unspecified atom stereocenters. The van der Waals surface area contributed by atoms with Gasteiger partial charge in [-0.15, -0.1) is 0 Å². The Balaban J connectivity index is 1.29. The lowest BCUT2D eigenvalue weighted by atomic mass is 10.0. The number of H-pyrrole nitrogens is 1. The summed E-state index contributed by atoms with van der Waals surface area (Å²) in [6, 6.07) is 12.5. The maximum Gasteiger partial charge on any atom is 0.132 e. The van der Waals surface area contributed by atoms with Crippen LogP contribution >= 0.6 is 0 Å². The van der Waals surface area contributed by atoms with Crippen molar-refractivity contribution in [3.63, 3.8) is 0 Å². The number of aromatic nitrogens is 3. The average Bonchev–Trinajstić information content (AvgIpc) is 3.38. The fourth-order valence-corrected chi connectivity index (χ4v) is 3.97. The van der Waals surface area contributed by atoms with Gasteiger partial charge < -0.3 is 9.64 Å². The van der Waals surface area contributed by atoms with Gasteiger partial charge >= 0.3 is 0 Å². The normalized spacial score (nSPS) is 16.7. The van der Waals surface area contributed by atoms with E-state index < -0.39 is 0 Å². The van der Waals surface area contributed by atoms with E-state index >= 15 is 0 Å². The summed E-state index contributed by atoms with van der Waals surface area (Å²) in [7, 11) is 4.06. The van der Waals surface area contributed by atoms with Crippen molar-refractivity contribution in [2.24, 2.45) is 0 Å². The van der Waals surface area contributed by atoms with Gasteiger partial charge in [-0.05, 0) is 37.2 Å². The van der Waals surface area contributed by atoms with Crippen LogP contribution in [0.3, 0.4) is 0 Å². The van der Waals surface area contributed by atoms with E-state index in [4.69, 9.17) is 4.74 Å². The number of hydrogen-bond acceptors (Lipinski definition) is 5. The van der Waals surface area contributed by atoms with Crippen LogP contribution in [0.25, 0.3) is 0 Å². The number of ether oxygens (including phenoxy) is 1. The first kappa shape index (κ1) is 20.3. The van der Waals surface area contributed by atoms with Gasteiger partial charge in [0, 0.05) is 63.0 Å². The van der Waals surface area contributed by atoms with Crippen LogP contribution in [0.5, 0.6) is 5.75 Å². The lowest BCUT2D eigenvalue weighted by Crippen LogP contribution is -2.22. The number of anilines is 1. The Morgan fingerprint density at radius 1 is 1.23 bits per heavy atom. The summed E-state index contributed by atoms with van der Waals surface area (Å²) in [6.07, 6.45) is 3.65. The highest BCUT2D eigenvalue weighted by atomic mass is 19.1. The summed E-state index contributed by atoms with van der Waals surface area (Å²) in [5, 5.41) is 7.67. The van der Waals surface area contributed by atoms with Gasteiger partial charge in [0.2, 0.25) is 0 Å². The number of aromatic amines is 1. The number of pyridine rings is 1. The Kier molecular flexibility index (Phi) is 6.28. The molecule has 1 aliphatic rings. The summed E-state index contributed by atoms with van der Waals surface area (Å²) in [6.45, 7) is 3.43. The van der Waals surface area contributed by atoms with E-state index in [0.717, 1.165) is 43.3 Å². The zero-order chi connectivity index (χ0) is 20.9. The van der Waals surface area contributed by atoms with Gasteiger partial charge in [0.1, 0.15) is 17.4 Å². The first-order valence-electron chi connectivity index (χ1n) is 10.3. The number of hydrogen-bond donors (Lipinski definition) is 1. The molecule has 6 nitrogen and oxygen atoms in total. The van der Waals surface area contributed by atoms with Gasteiger partial charge in [0.05, 0.1) is 12.3 Å². The molecule has 0 amide bonds. The zero-order valence-electron chi connectivity index (χ0n) is 17.5. The first-order valence-corrected chi connectivity index (χ1v) is 10.3. The second kappa shape index (κ2) is 9.26. The number of nitrogens with one attached hydrogen (secondary N) is 1. The fourth-order valence-electron chi connectivity index (χ4n) is 3.97. The molecule has 1 aliphatic heterocycles. The maximum absolute atomic E-state index is 13.2. The molecule has 1 N–H and O–H groups in total. The molecule has 1 saturated heterocycles. The van der Waals surface area contributed by atoms with Gasteiger partial charge in [-0.3, -0.25) is 10.00 Å². The topological polar surface area (TPSA) is 57.3 Å². The molecular weight excluding hydrogens is 381 g/mol. The molecule has 3 heterocycles. The van der Waals surface area contributed by atoms with Crippen molar-refractivity contribution < 1.29 is 9.13 Å². The van der Waals surface area contributed by atoms with Crippen LogP contribution in [0.1, 0.15) is 29.3 Å². The van der Waals surface area contributed by atoms with Crippen molar-refractivity contribution in [2.45, 2.75) is 25.3 Å². The molecule has 1 atom stereocenters. The van der Waals surface area contributed by atoms with Gasteiger partial charge in [0.15, 0.2) is 0 Å². The van der Waals surface area contributed by atoms with E-state index in [1.807, 2.05) is 26.4 Å². The third-order valence-electron chi connectivity index (χ3n) is 5.46. The zero-order valence-corrected chi connectivity index (χ0v) is 17.5. The Morgan fingerprint density at radius 2 is 2.13 bits per heavy atom. The van der Waals surface area contributed by atoms with Crippen LogP contribution in [-0.4, -0.2) is 53.9 Å². The predicted octanol–water partition coefficient (Wildman–Crippen LogP) is 3.62. The number of rotatable bonds is 8. The average molecular weight is 410 g/mol. The summed E-state index contributed by atoms with van der Waals surface area (Å²) >= 11 is 0. The molecule has 3 aromatic rings. The Hall–Kier alpha value is -2.93. The number of likely N-dealkylation sites (tertiary alicyclic amines) is 1. The van der Waals surface area contributed by atoms with Crippen LogP contribution < -0.4 is 9.64 Å². The minimum atomic E-state index is -0.286. The molecule has 0 saturated carbocycles. The second-order valence-corrected chi connectivity index (χ2v) is 7.98. The van der Waals surface area contributed by atoms with E-state index in [-0.39, 0.29) is 5.82 Å². The maximum atomic E-state index is 13.2. The highest BCUT2D eigenvalue weighted by Crippen LogP contribution is 2.28. The van der Waals surface area contributed by atoms with Gasteiger partial charge in [-0.1, -0.05) is 12.1 Å². The molecule has 2 aromatic heterocycles. The predicted molar refractivity (Wildman–Crippen MR) is 115 cm³/mol. The van der Waals surface area contributed by atoms with Crippen molar-refractivity contribution in [1.82, 2.24) is 20.1 Å². The second-order valence-electron chi connectivity index (χ2n) is 7.98. The third-order valence-corrected chi connectivity index (χ3v) is 5.46. The number of halogens is 1. The van der Waals surface area contributed by atoms with E-state index in [0.29, 0.717) is 24.7 Å². The summed E-state index contributed by atoms with van der Waals surface area (Å²) in [4.78, 5) is 9.04. The van der Waals surface area contributed by atoms with Crippen molar-refractivity contribution >= 4 is 5.82 Å². The highest BCUT2D eigenvalue weighted by Gasteiger charge is 2.26. The van der Waals surface area contributed by atoms with E-state index in [9.17, 15) is 4.39 Å². The van der Waals surface area contributed by atoms with Crippen molar-refractivity contribution in [3.8, 4) is 5.75 Å². The molecule has 4 rings (SSSR count). The molecule has 0 aliphatic carbocycles. The van der Waals surface area contributed by atoms with Gasteiger partial charge in [0.25, 0.3) is 0 Å². The monoisotopic (exact) mass is 409 g/mol. The van der Waals surface area contributed by atoms with Crippen LogP contribution in [0.15, 0.2) is 48.7 Å². The molecule has 0 radical (unpaired) electrons. The van der Waals surface area contributed by atoms with Crippen LogP contribution in [-0.2, 0) is 13.0 Å². The smallest absolute Gasteiger partial charge is 0.132 e. The van der Waals surface area contributed by atoms with Gasteiger partial charge in [-0.2, -0.15) is 5.10 Å². The van der Waals surface area contributed by atoms with Crippen LogP contribution in [0.2, 0.25) is 0 Å². The molecule has 1 aromatic carbocycles. The number of benzene rings is 1. The number of nitrogens with zero attached hydrogens (tertiary/aromatic N) is 4. The summed E-state index contributed by atoms with van der Waals surface area (Å²) in [5.41, 5.74) is 3.40. The third kappa shape index (κ3) is 4.97. The molecule has 158 valence electrons. The first-order chi connectivity index (χ1) is 14.6. The van der Waals surface area contributed by atoms with Crippen molar-refractivity contribution in [2.75, 3.05) is 38.7 Å². The molecule has 30 heavy (non-hydrogen) atoms. The minimum Gasteiger partial charge on any atom is -0.493 e.